The number of carbonyl (C=O) groups excluding carboxylic acids is 2. The van der Waals surface area contributed by atoms with Gasteiger partial charge in [0, 0.05) is 11.3 Å². The lowest BCUT2D eigenvalue weighted by molar-refractivity contribution is -0.274. The highest BCUT2D eigenvalue weighted by Gasteiger charge is 2.31. The molecular weight excluding hydrogens is 470 g/mol. The predicted molar refractivity (Wildman–Crippen MR) is 114 cm³/mol. The minimum atomic E-state index is -4.77. The number of amides is 3. The van der Waals surface area contributed by atoms with Gasteiger partial charge >= 0.3 is 12.4 Å². The fraction of sp³-hybridized carbons (Fsp3) is 0.0952. The lowest BCUT2D eigenvalue weighted by Gasteiger charge is -2.12. The Bertz CT molecular complexity index is 1150. The van der Waals surface area contributed by atoms with Crippen LogP contribution in [0.3, 0.4) is 0 Å². The van der Waals surface area contributed by atoms with E-state index in [1.807, 2.05) is 0 Å². The van der Waals surface area contributed by atoms with Gasteiger partial charge in [-0.2, -0.15) is 0 Å². The highest BCUT2D eigenvalue weighted by atomic mass is 35.5. The van der Waals surface area contributed by atoms with Crippen molar-refractivity contribution < 1.29 is 27.5 Å². The Hall–Kier alpha value is -3.30. The van der Waals surface area contributed by atoms with Gasteiger partial charge in [-0.05, 0) is 48.9 Å². The number of aryl methyl sites for hydroxylation is 1. The van der Waals surface area contributed by atoms with E-state index in [0.29, 0.717) is 16.8 Å². The molecule has 0 fully saturated rings. The molecule has 1 aromatic heterocycles. The van der Waals surface area contributed by atoms with E-state index >= 15 is 0 Å². The quantitative estimate of drug-likeness (QED) is 0.461. The number of nitrogens with one attached hydrogen (secondary N) is 2. The second-order valence-electron chi connectivity index (χ2n) is 6.41. The highest BCUT2D eigenvalue weighted by molar-refractivity contribution is 6.40. The molecular formula is C21H14Cl2F3N3O3. The molecule has 0 bridgehead atoms. The molecule has 0 unspecified atom stereocenters. The Morgan fingerprint density at radius 3 is 2.16 bits per heavy atom. The summed E-state index contributed by atoms with van der Waals surface area (Å²) in [6, 6.07) is 12.0. The molecule has 0 saturated heterocycles. The zero-order valence-electron chi connectivity index (χ0n) is 16.3. The number of rotatable bonds is 4. The van der Waals surface area contributed by atoms with Crippen LogP contribution in [0.15, 0.2) is 54.6 Å². The number of imide groups is 1. The van der Waals surface area contributed by atoms with Gasteiger partial charge < -0.3 is 4.74 Å². The van der Waals surface area contributed by atoms with Crippen LogP contribution in [0.1, 0.15) is 16.1 Å². The lowest BCUT2D eigenvalue weighted by atomic mass is 10.0. The number of pyridine rings is 1. The number of alkyl halides is 3. The summed E-state index contributed by atoms with van der Waals surface area (Å²) in [6.45, 7) is 1.66. The fourth-order valence-corrected chi connectivity index (χ4v) is 3.37. The van der Waals surface area contributed by atoms with Crippen molar-refractivity contribution in [3.05, 3.63) is 75.9 Å². The van der Waals surface area contributed by atoms with E-state index in [1.165, 1.54) is 42.5 Å². The monoisotopic (exact) mass is 483 g/mol. The van der Waals surface area contributed by atoms with Crippen molar-refractivity contribution in [2.24, 2.45) is 0 Å². The molecule has 3 amide bonds. The molecule has 3 aromatic rings. The first-order chi connectivity index (χ1) is 15.0. The molecule has 0 aliphatic carbocycles. The summed E-state index contributed by atoms with van der Waals surface area (Å²) in [7, 11) is 0. The van der Waals surface area contributed by atoms with Gasteiger partial charge in [-0.15, -0.1) is 13.2 Å². The van der Waals surface area contributed by atoms with E-state index in [4.69, 9.17) is 23.2 Å². The van der Waals surface area contributed by atoms with Crippen LogP contribution in [0.5, 0.6) is 5.75 Å². The van der Waals surface area contributed by atoms with Crippen LogP contribution in [0.4, 0.5) is 23.8 Å². The standard InChI is InChI=1S/C21H14Cl2F3N3O3/c1-11-14(12-5-7-13(8-6-12)32-21(24,25)26)9-10-17(27-11)28-20(31)29-19(30)18-15(22)3-2-4-16(18)23/h2-10H,1H3,(H2,27,28,29,30,31). The van der Waals surface area contributed by atoms with Gasteiger partial charge in [-0.25, -0.2) is 9.78 Å². The van der Waals surface area contributed by atoms with Gasteiger partial charge in [-0.1, -0.05) is 41.4 Å². The Balaban J connectivity index is 1.69. The molecule has 0 spiro atoms. The molecule has 0 radical (unpaired) electrons. The van der Waals surface area contributed by atoms with Crippen molar-refractivity contribution in [2.75, 3.05) is 5.32 Å². The molecule has 0 aliphatic heterocycles. The number of urea groups is 1. The van der Waals surface area contributed by atoms with Gasteiger partial charge in [0.2, 0.25) is 0 Å². The third-order valence-corrected chi connectivity index (χ3v) is 4.77. The summed E-state index contributed by atoms with van der Waals surface area (Å²) in [4.78, 5) is 28.7. The maximum atomic E-state index is 12.3. The molecule has 2 aromatic carbocycles. The number of aromatic nitrogens is 1. The maximum absolute atomic E-state index is 12.3. The first kappa shape index (κ1) is 23.4. The average molecular weight is 484 g/mol. The first-order valence-electron chi connectivity index (χ1n) is 8.93. The lowest BCUT2D eigenvalue weighted by Crippen LogP contribution is -2.35. The minimum absolute atomic E-state index is 0.0385. The van der Waals surface area contributed by atoms with Crippen molar-refractivity contribution in [1.82, 2.24) is 10.3 Å². The topological polar surface area (TPSA) is 80.3 Å². The number of ether oxygens (including phenoxy) is 1. The molecule has 6 nitrogen and oxygen atoms in total. The van der Waals surface area contributed by atoms with Gasteiger partial charge in [0.05, 0.1) is 15.6 Å². The van der Waals surface area contributed by atoms with Gasteiger partial charge in [0.25, 0.3) is 5.91 Å². The number of carbonyl (C=O) groups is 2. The Labute approximate surface area is 190 Å². The summed E-state index contributed by atoms with van der Waals surface area (Å²) < 4.78 is 40.7. The van der Waals surface area contributed by atoms with Crippen molar-refractivity contribution >= 4 is 41.0 Å². The van der Waals surface area contributed by atoms with Crippen LogP contribution in [0.2, 0.25) is 10.0 Å². The SMILES string of the molecule is Cc1nc(NC(=O)NC(=O)c2c(Cl)cccc2Cl)ccc1-c1ccc(OC(F)(F)F)cc1. The van der Waals surface area contributed by atoms with Crippen molar-refractivity contribution in [1.29, 1.82) is 0 Å². The minimum Gasteiger partial charge on any atom is -0.406 e. The van der Waals surface area contributed by atoms with Crippen molar-refractivity contribution in [2.45, 2.75) is 13.3 Å². The van der Waals surface area contributed by atoms with E-state index in [-0.39, 0.29) is 27.2 Å². The summed E-state index contributed by atoms with van der Waals surface area (Å²) in [5, 5.41) is 4.72. The second kappa shape index (κ2) is 9.46. The van der Waals surface area contributed by atoms with Crippen LogP contribution in [0, 0.1) is 6.92 Å². The average Bonchev–Trinajstić information content (AvgIpc) is 2.67. The zero-order valence-corrected chi connectivity index (χ0v) is 17.8. The zero-order chi connectivity index (χ0) is 23.5. The number of hydrogen-bond acceptors (Lipinski definition) is 4. The van der Waals surface area contributed by atoms with E-state index < -0.39 is 18.3 Å². The van der Waals surface area contributed by atoms with E-state index in [0.717, 1.165) is 0 Å². The number of hydrogen-bond donors (Lipinski definition) is 2. The molecule has 11 heteroatoms. The Kier molecular flexibility index (Phi) is 6.90. The Morgan fingerprint density at radius 1 is 0.969 bits per heavy atom. The van der Waals surface area contributed by atoms with Crippen LogP contribution in [-0.2, 0) is 0 Å². The molecule has 0 atom stereocenters. The summed E-state index contributed by atoms with van der Waals surface area (Å²) in [5.74, 6) is -0.975. The summed E-state index contributed by atoms with van der Waals surface area (Å²) >= 11 is 11.9. The molecule has 166 valence electrons. The van der Waals surface area contributed by atoms with Crippen LogP contribution >= 0.6 is 23.2 Å². The van der Waals surface area contributed by atoms with Gasteiger partial charge in [-0.3, -0.25) is 15.4 Å². The third kappa shape index (κ3) is 5.89. The molecule has 1 heterocycles. The fourth-order valence-electron chi connectivity index (χ4n) is 2.80. The molecule has 2 N–H and O–H groups in total. The van der Waals surface area contributed by atoms with Crippen LogP contribution in [0.25, 0.3) is 11.1 Å². The highest BCUT2D eigenvalue weighted by Crippen LogP contribution is 2.28. The maximum Gasteiger partial charge on any atom is 0.573 e. The number of benzene rings is 2. The number of anilines is 1. The molecule has 0 saturated carbocycles. The smallest absolute Gasteiger partial charge is 0.406 e. The van der Waals surface area contributed by atoms with Crippen molar-refractivity contribution in [3.8, 4) is 16.9 Å². The number of halogens is 5. The van der Waals surface area contributed by atoms with E-state index in [1.54, 1.807) is 19.1 Å². The van der Waals surface area contributed by atoms with Gasteiger partial charge in [0.15, 0.2) is 0 Å². The third-order valence-electron chi connectivity index (χ3n) is 4.14. The summed E-state index contributed by atoms with van der Waals surface area (Å²) in [6.07, 6.45) is -4.77. The van der Waals surface area contributed by atoms with Crippen molar-refractivity contribution in [3.63, 3.8) is 0 Å². The van der Waals surface area contributed by atoms with E-state index in [2.05, 4.69) is 20.4 Å². The molecule has 32 heavy (non-hydrogen) atoms. The van der Waals surface area contributed by atoms with Gasteiger partial charge in [0.1, 0.15) is 11.6 Å². The molecule has 0 aliphatic rings. The van der Waals surface area contributed by atoms with Crippen LogP contribution < -0.4 is 15.4 Å². The summed E-state index contributed by atoms with van der Waals surface area (Å²) in [5.41, 5.74) is 1.69. The number of nitrogens with zero attached hydrogens (tertiary/aromatic N) is 1. The first-order valence-corrected chi connectivity index (χ1v) is 9.69. The normalized spacial score (nSPS) is 11.1. The second-order valence-corrected chi connectivity index (χ2v) is 7.22. The largest absolute Gasteiger partial charge is 0.573 e. The van der Waals surface area contributed by atoms with Crippen LogP contribution in [-0.4, -0.2) is 23.3 Å². The predicted octanol–water partition coefficient (Wildman–Crippen LogP) is 6.22. The van der Waals surface area contributed by atoms with E-state index in [9.17, 15) is 22.8 Å². The Morgan fingerprint density at radius 2 is 1.59 bits per heavy atom. The molecule has 3 rings (SSSR count).